The summed E-state index contributed by atoms with van der Waals surface area (Å²) in [6, 6.07) is 14.9. The summed E-state index contributed by atoms with van der Waals surface area (Å²) in [4.78, 5) is 23.3. The van der Waals surface area contributed by atoms with Crippen molar-refractivity contribution in [1.29, 1.82) is 0 Å². The lowest BCUT2D eigenvalue weighted by atomic mass is 10.2. The minimum Gasteiger partial charge on any atom is -0.493 e. The van der Waals surface area contributed by atoms with E-state index in [0.717, 1.165) is 11.1 Å². The molecule has 0 aliphatic heterocycles. The Morgan fingerprint density at radius 1 is 1.00 bits per heavy atom. The molecular weight excluding hydrogens is 306 g/mol. The van der Waals surface area contributed by atoms with Crippen LogP contribution in [0, 0.1) is 13.8 Å². The van der Waals surface area contributed by atoms with Crippen molar-refractivity contribution in [2.75, 3.05) is 18.5 Å². The van der Waals surface area contributed by atoms with Gasteiger partial charge in [-0.15, -0.1) is 0 Å². The number of hydrogen-bond donors (Lipinski definition) is 1. The van der Waals surface area contributed by atoms with Gasteiger partial charge in [0.15, 0.2) is 6.61 Å². The van der Waals surface area contributed by atoms with E-state index in [4.69, 9.17) is 9.47 Å². The van der Waals surface area contributed by atoms with Crippen LogP contribution >= 0.6 is 0 Å². The summed E-state index contributed by atoms with van der Waals surface area (Å²) >= 11 is 0. The molecule has 5 heteroatoms. The van der Waals surface area contributed by atoms with E-state index in [2.05, 4.69) is 5.32 Å². The molecule has 5 nitrogen and oxygen atoms in total. The average Bonchev–Trinajstić information content (AvgIpc) is 2.55. The molecule has 1 amide bonds. The molecule has 24 heavy (non-hydrogen) atoms. The van der Waals surface area contributed by atoms with Crippen molar-refractivity contribution in [3.05, 3.63) is 59.7 Å². The first-order valence-corrected chi connectivity index (χ1v) is 7.74. The Morgan fingerprint density at radius 3 is 2.46 bits per heavy atom. The third kappa shape index (κ3) is 6.12. The average molecular weight is 327 g/mol. The molecule has 0 fully saturated rings. The molecule has 0 radical (unpaired) electrons. The van der Waals surface area contributed by atoms with E-state index in [1.807, 2.05) is 50.2 Å². The van der Waals surface area contributed by atoms with Crippen LogP contribution in [0.15, 0.2) is 48.5 Å². The quantitative estimate of drug-likeness (QED) is 0.793. The predicted octanol–water partition coefficient (Wildman–Crippen LogP) is 3.25. The number of anilines is 1. The van der Waals surface area contributed by atoms with Crippen LogP contribution < -0.4 is 10.1 Å². The molecule has 0 bridgehead atoms. The monoisotopic (exact) mass is 327 g/mol. The Balaban J connectivity index is 1.65. The van der Waals surface area contributed by atoms with Crippen molar-refractivity contribution in [3.8, 4) is 5.75 Å². The van der Waals surface area contributed by atoms with Gasteiger partial charge in [-0.05, 0) is 43.7 Å². The lowest BCUT2D eigenvalue weighted by Gasteiger charge is -2.08. The Kier molecular flexibility index (Phi) is 6.37. The van der Waals surface area contributed by atoms with E-state index in [1.165, 1.54) is 0 Å². The standard InChI is InChI=1S/C19H21NO4/c1-14-6-8-16(9-7-14)20-18(21)13-24-19(22)10-11-23-17-5-3-4-15(2)12-17/h3-9,12H,10-11,13H2,1-2H3,(H,20,21). The van der Waals surface area contributed by atoms with E-state index >= 15 is 0 Å². The van der Waals surface area contributed by atoms with Gasteiger partial charge in [-0.2, -0.15) is 0 Å². The van der Waals surface area contributed by atoms with Crippen molar-refractivity contribution >= 4 is 17.6 Å². The summed E-state index contributed by atoms with van der Waals surface area (Å²) in [6.07, 6.45) is 0.0890. The van der Waals surface area contributed by atoms with E-state index < -0.39 is 5.97 Å². The topological polar surface area (TPSA) is 64.6 Å². The largest absolute Gasteiger partial charge is 0.493 e. The summed E-state index contributed by atoms with van der Waals surface area (Å²) in [7, 11) is 0. The first-order chi connectivity index (χ1) is 11.5. The van der Waals surface area contributed by atoms with Crippen molar-refractivity contribution < 1.29 is 19.1 Å². The Hall–Kier alpha value is -2.82. The van der Waals surface area contributed by atoms with E-state index in [1.54, 1.807) is 12.1 Å². The van der Waals surface area contributed by atoms with Crippen molar-refractivity contribution in [1.82, 2.24) is 0 Å². The SMILES string of the molecule is Cc1ccc(NC(=O)COC(=O)CCOc2cccc(C)c2)cc1. The van der Waals surface area contributed by atoms with E-state index in [0.29, 0.717) is 11.4 Å². The third-order valence-electron chi connectivity index (χ3n) is 3.26. The fourth-order valence-electron chi connectivity index (χ4n) is 2.01. The predicted molar refractivity (Wildman–Crippen MR) is 92.1 cm³/mol. The third-order valence-corrected chi connectivity index (χ3v) is 3.26. The zero-order valence-corrected chi connectivity index (χ0v) is 13.9. The lowest BCUT2D eigenvalue weighted by molar-refractivity contribution is -0.147. The molecule has 0 aromatic heterocycles. The molecule has 0 spiro atoms. The van der Waals surface area contributed by atoms with Crippen LogP contribution in [0.1, 0.15) is 17.5 Å². The maximum Gasteiger partial charge on any atom is 0.309 e. The lowest BCUT2D eigenvalue weighted by Crippen LogP contribution is -2.21. The van der Waals surface area contributed by atoms with Gasteiger partial charge in [-0.25, -0.2) is 0 Å². The maximum absolute atomic E-state index is 11.7. The van der Waals surface area contributed by atoms with Crippen LogP contribution in [0.4, 0.5) is 5.69 Å². The normalized spacial score (nSPS) is 10.1. The van der Waals surface area contributed by atoms with Crippen molar-refractivity contribution in [2.24, 2.45) is 0 Å². The number of amides is 1. The van der Waals surface area contributed by atoms with Gasteiger partial charge in [0.25, 0.3) is 5.91 Å². The summed E-state index contributed by atoms with van der Waals surface area (Å²) in [5.74, 6) is -0.131. The molecule has 0 saturated heterocycles. The van der Waals surface area contributed by atoms with Crippen LogP contribution in [0.25, 0.3) is 0 Å². The smallest absolute Gasteiger partial charge is 0.309 e. The summed E-state index contributed by atoms with van der Waals surface area (Å²) in [5, 5.41) is 2.67. The van der Waals surface area contributed by atoms with Crippen LogP contribution in [-0.2, 0) is 14.3 Å². The highest BCUT2D eigenvalue weighted by Crippen LogP contribution is 2.12. The summed E-state index contributed by atoms with van der Waals surface area (Å²) < 4.78 is 10.4. The molecule has 1 N–H and O–H groups in total. The number of carbonyl (C=O) groups excluding carboxylic acids is 2. The van der Waals surface area contributed by atoms with Crippen LogP contribution in [0.2, 0.25) is 0 Å². The summed E-state index contributed by atoms with van der Waals surface area (Å²) in [5.41, 5.74) is 2.86. The van der Waals surface area contributed by atoms with E-state index in [-0.39, 0.29) is 25.5 Å². The van der Waals surface area contributed by atoms with Crippen molar-refractivity contribution in [3.63, 3.8) is 0 Å². The molecule has 126 valence electrons. The molecule has 0 saturated carbocycles. The highest BCUT2D eigenvalue weighted by Gasteiger charge is 2.08. The number of rotatable bonds is 7. The number of aryl methyl sites for hydroxylation is 2. The fourth-order valence-corrected chi connectivity index (χ4v) is 2.01. The molecule has 2 rings (SSSR count). The van der Waals surface area contributed by atoms with E-state index in [9.17, 15) is 9.59 Å². The highest BCUT2D eigenvalue weighted by molar-refractivity contribution is 5.92. The van der Waals surface area contributed by atoms with Crippen LogP contribution in [-0.4, -0.2) is 25.1 Å². The molecule has 0 heterocycles. The Morgan fingerprint density at radius 2 is 1.75 bits per heavy atom. The van der Waals surface area contributed by atoms with Crippen LogP contribution in [0.5, 0.6) is 5.75 Å². The number of carbonyl (C=O) groups is 2. The van der Waals surface area contributed by atoms with Crippen LogP contribution in [0.3, 0.4) is 0 Å². The Labute approximate surface area is 141 Å². The fraction of sp³-hybridized carbons (Fsp3) is 0.263. The molecule has 0 unspecified atom stereocenters. The first-order valence-electron chi connectivity index (χ1n) is 7.74. The number of nitrogens with one attached hydrogen (secondary N) is 1. The zero-order chi connectivity index (χ0) is 17.4. The van der Waals surface area contributed by atoms with Gasteiger partial charge < -0.3 is 14.8 Å². The first kappa shape index (κ1) is 17.5. The highest BCUT2D eigenvalue weighted by atomic mass is 16.5. The summed E-state index contributed by atoms with van der Waals surface area (Å²) in [6.45, 7) is 3.83. The number of benzene rings is 2. The molecular formula is C19H21NO4. The van der Waals surface area contributed by atoms with Gasteiger partial charge >= 0.3 is 5.97 Å². The minimum atomic E-state index is -0.471. The number of hydrogen-bond acceptors (Lipinski definition) is 4. The second-order valence-electron chi connectivity index (χ2n) is 5.49. The number of ether oxygens (including phenoxy) is 2. The number of esters is 1. The molecule has 0 aliphatic rings. The molecule has 0 aliphatic carbocycles. The van der Waals surface area contributed by atoms with Gasteiger partial charge in [0.1, 0.15) is 5.75 Å². The van der Waals surface area contributed by atoms with Gasteiger partial charge in [-0.3, -0.25) is 9.59 Å². The molecule has 0 atom stereocenters. The van der Waals surface area contributed by atoms with Gasteiger partial charge in [0.05, 0.1) is 13.0 Å². The molecule has 2 aromatic rings. The Bertz CT molecular complexity index is 695. The van der Waals surface area contributed by atoms with Gasteiger partial charge in [-0.1, -0.05) is 29.8 Å². The van der Waals surface area contributed by atoms with Crippen molar-refractivity contribution in [2.45, 2.75) is 20.3 Å². The second-order valence-corrected chi connectivity index (χ2v) is 5.49. The van der Waals surface area contributed by atoms with Gasteiger partial charge in [0.2, 0.25) is 0 Å². The van der Waals surface area contributed by atoms with Gasteiger partial charge in [0, 0.05) is 5.69 Å². The zero-order valence-electron chi connectivity index (χ0n) is 13.9. The minimum absolute atomic E-state index is 0.0890. The molecule has 2 aromatic carbocycles. The maximum atomic E-state index is 11.7. The second kappa shape index (κ2) is 8.72.